The van der Waals surface area contributed by atoms with Crippen molar-refractivity contribution in [3.05, 3.63) is 52.9 Å². The molecule has 0 aliphatic heterocycles. The summed E-state index contributed by atoms with van der Waals surface area (Å²) in [5.41, 5.74) is -0.0320. The third-order valence-electron chi connectivity index (χ3n) is 2.22. The molecule has 2 rings (SSSR count). The van der Waals surface area contributed by atoms with Crippen LogP contribution in [0.3, 0.4) is 0 Å². The van der Waals surface area contributed by atoms with Crippen molar-refractivity contribution in [2.75, 3.05) is 5.32 Å². The molecule has 0 bridgehead atoms. The zero-order valence-electron chi connectivity index (χ0n) is 9.01. The summed E-state index contributed by atoms with van der Waals surface area (Å²) in [6.45, 7) is 0. The predicted octanol–water partition coefficient (Wildman–Crippen LogP) is 2.88. The zero-order valence-corrected chi connectivity index (χ0v) is 9.77. The monoisotopic (exact) mass is 265 g/mol. The summed E-state index contributed by atoms with van der Waals surface area (Å²) in [5.74, 6) is -1.66. The van der Waals surface area contributed by atoms with Gasteiger partial charge in [-0.15, -0.1) is 0 Å². The molecule has 0 unspecified atom stereocenters. The van der Waals surface area contributed by atoms with Gasteiger partial charge in [-0.05, 0) is 24.3 Å². The van der Waals surface area contributed by atoms with Crippen LogP contribution in [0.4, 0.5) is 5.69 Å². The summed E-state index contributed by atoms with van der Waals surface area (Å²) < 4.78 is 4.91. The van der Waals surface area contributed by atoms with Gasteiger partial charge in [0.25, 0.3) is 5.91 Å². The lowest BCUT2D eigenvalue weighted by molar-refractivity contribution is 0.0698. The number of hydrogen-bond donors (Lipinski definition) is 2. The first-order valence-corrected chi connectivity index (χ1v) is 5.34. The second kappa shape index (κ2) is 4.93. The van der Waals surface area contributed by atoms with Gasteiger partial charge in [-0.25, -0.2) is 4.79 Å². The Morgan fingerprint density at radius 2 is 2.00 bits per heavy atom. The van der Waals surface area contributed by atoms with Gasteiger partial charge in [-0.1, -0.05) is 17.7 Å². The van der Waals surface area contributed by atoms with Crippen molar-refractivity contribution < 1.29 is 19.1 Å². The molecule has 0 fully saturated rings. The van der Waals surface area contributed by atoms with Gasteiger partial charge >= 0.3 is 5.97 Å². The van der Waals surface area contributed by atoms with E-state index in [1.807, 2.05) is 0 Å². The molecule has 1 heterocycles. The summed E-state index contributed by atoms with van der Waals surface area (Å²) in [6, 6.07) is 7.47. The number of aromatic carboxylic acids is 1. The molecule has 0 aliphatic carbocycles. The Morgan fingerprint density at radius 3 is 2.61 bits per heavy atom. The number of carboxylic acid groups (broad SMARTS) is 1. The van der Waals surface area contributed by atoms with Crippen molar-refractivity contribution in [1.29, 1.82) is 0 Å². The first-order chi connectivity index (χ1) is 8.59. The highest BCUT2D eigenvalue weighted by molar-refractivity contribution is 6.34. The minimum absolute atomic E-state index is 0.0553. The first-order valence-electron chi connectivity index (χ1n) is 4.96. The van der Waals surface area contributed by atoms with Crippen molar-refractivity contribution in [1.82, 2.24) is 0 Å². The van der Waals surface area contributed by atoms with Crippen LogP contribution >= 0.6 is 11.6 Å². The molecule has 5 nitrogen and oxygen atoms in total. The quantitative estimate of drug-likeness (QED) is 0.894. The van der Waals surface area contributed by atoms with Gasteiger partial charge < -0.3 is 14.8 Å². The molecular formula is C12H8ClNO4. The Bertz CT molecular complexity index is 592. The molecule has 0 atom stereocenters. The summed E-state index contributed by atoms with van der Waals surface area (Å²) in [5, 5.41) is 11.5. The Hall–Kier alpha value is -2.27. The van der Waals surface area contributed by atoms with Gasteiger partial charge in [0.15, 0.2) is 5.76 Å². The van der Waals surface area contributed by atoms with Gasteiger partial charge in [0.05, 0.1) is 17.0 Å². The van der Waals surface area contributed by atoms with Crippen LogP contribution in [0.2, 0.25) is 5.02 Å². The second-order valence-electron chi connectivity index (χ2n) is 3.40. The number of hydrogen-bond acceptors (Lipinski definition) is 3. The van der Waals surface area contributed by atoms with E-state index in [-0.39, 0.29) is 22.0 Å². The van der Waals surface area contributed by atoms with Gasteiger partial charge in [0.2, 0.25) is 0 Å². The van der Waals surface area contributed by atoms with E-state index in [4.69, 9.17) is 21.1 Å². The van der Waals surface area contributed by atoms with Crippen LogP contribution in [-0.2, 0) is 0 Å². The normalized spacial score (nSPS) is 10.1. The Balaban J connectivity index is 2.32. The van der Waals surface area contributed by atoms with Gasteiger partial charge in [-0.3, -0.25) is 4.79 Å². The van der Waals surface area contributed by atoms with E-state index >= 15 is 0 Å². The maximum atomic E-state index is 11.7. The SMILES string of the molecule is O=C(Nc1cccc(Cl)c1C(=O)O)c1ccco1. The molecule has 0 saturated heterocycles. The van der Waals surface area contributed by atoms with E-state index in [9.17, 15) is 9.59 Å². The topological polar surface area (TPSA) is 79.5 Å². The number of rotatable bonds is 3. The van der Waals surface area contributed by atoms with Crippen LogP contribution in [0.25, 0.3) is 0 Å². The lowest BCUT2D eigenvalue weighted by Crippen LogP contribution is -2.14. The van der Waals surface area contributed by atoms with E-state index < -0.39 is 11.9 Å². The molecule has 1 aromatic heterocycles. The fourth-order valence-corrected chi connectivity index (χ4v) is 1.69. The Labute approximate surface area is 107 Å². The van der Waals surface area contributed by atoms with Crippen LogP contribution in [0.5, 0.6) is 0 Å². The molecule has 0 spiro atoms. The highest BCUT2D eigenvalue weighted by atomic mass is 35.5. The lowest BCUT2D eigenvalue weighted by atomic mass is 10.1. The fraction of sp³-hybridized carbons (Fsp3) is 0. The minimum Gasteiger partial charge on any atom is -0.478 e. The molecular weight excluding hydrogens is 258 g/mol. The number of nitrogens with one attached hydrogen (secondary N) is 1. The van der Waals surface area contributed by atoms with E-state index in [1.165, 1.54) is 24.5 Å². The molecule has 6 heteroatoms. The van der Waals surface area contributed by atoms with Crippen molar-refractivity contribution >= 4 is 29.2 Å². The van der Waals surface area contributed by atoms with E-state index in [0.717, 1.165) is 0 Å². The van der Waals surface area contributed by atoms with E-state index in [2.05, 4.69) is 5.32 Å². The van der Waals surface area contributed by atoms with Gasteiger partial charge in [0.1, 0.15) is 5.56 Å². The molecule has 2 N–H and O–H groups in total. The lowest BCUT2D eigenvalue weighted by Gasteiger charge is -2.08. The highest BCUT2D eigenvalue weighted by Crippen LogP contribution is 2.24. The van der Waals surface area contributed by atoms with E-state index in [1.54, 1.807) is 12.1 Å². The fourth-order valence-electron chi connectivity index (χ4n) is 1.44. The molecule has 1 amide bonds. The summed E-state index contributed by atoms with van der Waals surface area (Å²) in [7, 11) is 0. The van der Waals surface area contributed by atoms with Crippen molar-refractivity contribution in [3.63, 3.8) is 0 Å². The van der Waals surface area contributed by atoms with Crippen LogP contribution in [0, 0.1) is 0 Å². The molecule has 18 heavy (non-hydrogen) atoms. The summed E-state index contributed by atoms with van der Waals surface area (Å²) in [6.07, 6.45) is 1.35. The third kappa shape index (κ3) is 2.36. The first kappa shape index (κ1) is 12.2. The van der Waals surface area contributed by atoms with Gasteiger partial charge in [0, 0.05) is 0 Å². The van der Waals surface area contributed by atoms with E-state index in [0.29, 0.717) is 0 Å². The minimum atomic E-state index is -1.21. The molecule has 0 aliphatic rings. The van der Waals surface area contributed by atoms with Crippen molar-refractivity contribution in [2.45, 2.75) is 0 Å². The molecule has 0 radical (unpaired) electrons. The molecule has 92 valence electrons. The van der Waals surface area contributed by atoms with Crippen molar-refractivity contribution in [3.8, 4) is 0 Å². The number of furan rings is 1. The number of carbonyl (C=O) groups excluding carboxylic acids is 1. The second-order valence-corrected chi connectivity index (χ2v) is 3.81. The summed E-state index contributed by atoms with van der Waals surface area (Å²) in [4.78, 5) is 22.8. The number of halogens is 1. The number of anilines is 1. The largest absolute Gasteiger partial charge is 0.478 e. The average Bonchev–Trinajstić information content (AvgIpc) is 2.81. The predicted molar refractivity (Wildman–Crippen MR) is 65.1 cm³/mol. The molecule has 2 aromatic rings. The maximum Gasteiger partial charge on any atom is 0.339 e. The molecule has 1 aromatic carbocycles. The number of carbonyl (C=O) groups is 2. The molecule has 0 saturated carbocycles. The number of benzene rings is 1. The van der Waals surface area contributed by atoms with Crippen LogP contribution in [-0.4, -0.2) is 17.0 Å². The standard InChI is InChI=1S/C12H8ClNO4/c13-7-3-1-4-8(10(7)12(16)17)14-11(15)9-5-2-6-18-9/h1-6H,(H,14,15)(H,16,17). The smallest absolute Gasteiger partial charge is 0.339 e. The maximum absolute atomic E-state index is 11.7. The van der Waals surface area contributed by atoms with Crippen LogP contribution in [0.15, 0.2) is 41.0 Å². The third-order valence-corrected chi connectivity index (χ3v) is 2.54. The summed E-state index contributed by atoms with van der Waals surface area (Å²) >= 11 is 5.78. The van der Waals surface area contributed by atoms with Gasteiger partial charge in [-0.2, -0.15) is 0 Å². The number of amides is 1. The number of carboxylic acids is 1. The average molecular weight is 266 g/mol. The Kier molecular flexibility index (Phi) is 3.34. The zero-order chi connectivity index (χ0) is 13.1. The highest BCUT2D eigenvalue weighted by Gasteiger charge is 2.17. The van der Waals surface area contributed by atoms with Crippen molar-refractivity contribution in [2.24, 2.45) is 0 Å². The van der Waals surface area contributed by atoms with Crippen LogP contribution < -0.4 is 5.32 Å². The Morgan fingerprint density at radius 1 is 1.22 bits per heavy atom. The van der Waals surface area contributed by atoms with Crippen LogP contribution in [0.1, 0.15) is 20.9 Å².